The Kier molecular flexibility index (Phi) is 3.33. The zero-order chi connectivity index (χ0) is 11.8. The highest BCUT2D eigenvalue weighted by Gasteiger charge is 2.56. The van der Waals surface area contributed by atoms with Crippen LogP contribution in [-0.2, 0) is 0 Å². The topological polar surface area (TPSA) is 29.3 Å². The average molecular weight is 224 g/mol. The minimum Gasteiger partial charge on any atom is -0.329 e. The Morgan fingerprint density at radius 2 is 2.06 bits per heavy atom. The lowest BCUT2D eigenvalue weighted by atomic mass is 9.79. The molecule has 2 aliphatic rings. The third kappa shape index (κ3) is 1.80. The first-order valence-corrected chi connectivity index (χ1v) is 7.04. The maximum atomic E-state index is 6.14. The van der Waals surface area contributed by atoms with Gasteiger partial charge in [0.25, 0.3) is 0 Å². The van der Waals surface area contributed by atoms with Gasteiger partial charge in [0, 0.05) is 18.1 Å². The predicted octanol–water partition coefficient (Wildman–Crippen LogP) is 2.77. The van der Waals surface area contributed by atoms with E-state index in [9.17, 15) is 0 Å². The van der Waals surface area contributed by atoms with Gasteiger partial charge in [-0.25, -0.2) is 0 Å². The molecule has 2 unspecified atom stereocenters. The highest BCUT2D eigenvalue weighted by atomic mass is 15.3. The van der Waals surface area contributed by atoms with Crippen LogP contribution in [0.25, 0.3) is 0 Å². The first-order valence-electron chi connectivity index (χ1n) is 7.04. The van der Waals surface area contributed by atoms with Gasteiger partial charge in [-0.1, -0.05) is 20.3 Å². The minimum absolute atomic E-state index is 0.244. The predicted molar refractivity (Wildman–Crippen MR) is 69.4 cm³/mol. The van der Waals surface area contributed by atoms with Gasteiger partial charge in [0.1, 0.15) is 0 Å². The maximum Gasteiger partial charge on any atom is 0.0359 e. The van der Waals surface area contributed by atoms with Gasteiger partial charge in [-0.05, 0) is 51.0 Å². The first-order chi connectivity index (χ1) is 7.57. The Hall–Kier alpha value is -0.0800. The molecule has 1 aliphatic carbocycles. The van der Waals surface area contributed by atoms with E-state index in [2.05, 4.69) is 25.7 Å². The first kappa shape index (κ1) is 12.4. The van der Waals surface area contributed by atoms with Crippen LogP contribution in [0.3, 0.4) is 0 Å². The van der Waals surface area contributed by atoms with Crippen molar-refractivity contribution in [3.8, 4) is 0 Å². The van der Waals surface area contributed by atoms with Crippen LogP contribution in [0.1, 0.15) is 59.3 Å². The van der Waals surface area contributed by atoms with Crippen LogP contribution in [0.4, 0.5) is 0 Å². The molecule has 2 N–H and O–H groups in total. The van der Waals surface area contributed by atoms with Crippen molar-refractivity contribution in [1.29, 1.82) is 0 Å². The van der Waals surface area contributed by atoms with E-state index in [1.165, 1.54) is 45.1 Å². The number of hydrogen-bond donors (Lipinski definition) is 1. The van der Waals surface area contributed by atoms with Crippen LogP contribution in [0.15, 0.2) is 0 Å². The summed E-state index contributed by atoms with van der Waals surface area (Å²) < 4.78 is 0. The van der Waals surface area contributed by atoms with Crippen LogP contribution in [0.5, 0.6) is 0 Å². The van der Waals surface area contributed by atoms with Crippen molar-refractivity contribution in [3.05, 3.63) is 0 Å². The molecule has 2 atom stereocenters. The summed E-state index contributed by atoms with van der Waals surface area (Å²) in [6.07, 6.45) is 8.17. The van der Waals surface area contributed by atoms with Gasteiger partial charge < -0.3 is 5.73 Å². The summed E-state index contributed by atoms with van der Waals surface area (Å²) >= 11 is 0. The van der Waals surface area contributed by atoms with E-state index in [1.54, 1.807) is 0 Å². The van der Waals surface area contributed by atoms with Gasteiger partial charge >= 0.3 is 0 Å². The van der Waals surface area contributed by atoms with Crippen molar-refractivity contribution in [2.24, 2.45) is 11.1 Å². The number of likely N-dealkylation sites (tertiary alicyclic amines) is 1. The zero-order valence-corrected chi connectivity index (χ0v) is 11.3. The van der Waals surface area contributed by atoms with Crippen LogP contribution in [0, 0.1) is 5.41 Å². The Morgan fingerprint density at radius 3 is 2.56 bits per heavy atom. The molecule has 1 saturated carbocycles. The molecular formula is C14H28N2. The fraction of sp³-hybridized carbons (Fsp3) is 1.00. The fourth-order valence-corrected chi connectivity index (χ4v) is 3.51. The van der Waals surface area contributed by atoms with E-state index >= 15 is 0 Å². The van der Waals surface area contributed by atoms with Crippen molar-refractivity contribution < 1.29 is 0 Å². The molecule has 0 radical (unpaired) electrons. The van der Waals surface area contributed by atoms with Crippen molar-refractivity contribution in [2.75, 3.05) is 13.1 Å². The Labute approximate surface area is 101 Å². The third-order valence-corrected chi connectivity index (χ3v) is 5.43. The van der Waals surface area contributed by atoms with Gasteiger partial charge in [0.15, 0.2) is 0 Å². The Balaban J connectivity index is 2.18. The van der Waals surface area contributed by atoms with E-state index in [4.69, 9.17) is 5.73 Å². The highest BCUT2D eigenvalue weighted by molar-refractivity contribution is 5.11. The molecule has 0 amide bonds. The number of nitrogens with zero attached hydrogens (tertiary/aromatic N) is 1. The highest BCUT2D eigenvalue weighted by Crippen LogP contribution is 2.56. The molecule has 2 nitrogen and oxygen atoms in total. The quantitative estimate of drug-likeness (QED) is 0.795. The molecule has 16 heavy (non-hydrogen) atoms. The number of hydrogen-bond acceptors (Lipinski definition) is 2. The molecule has 2 fully saturated rings. The van der Waals surface area contributed by atoms with E-state index in [-0.39, 0.29) is 5.54 Å². The third-order valence-electron chi connectivity index (χ3n) is 5.43. The summed E-state index contributed by atoms with van der Waals surface area (Å²) in [6, 6.07) is 0.778. The van der Waals surface area contributed by atoms with E-state index in [0.717, 1.165) is 12.6 Å². The normalized spacial score (nSPS) is 33.4. The molecule has 1 saturated heterocycles. The van der Waals surface area contributed by atoms with Gasteiger partial charge in [-0.2, -0.15) is 0 Å². The van der Waals surface area contributed by atoms with Crippen molar-refractivity contribution in [2.45, 2.75) is 70.9 Å². The van der Waals surface area contributed by atoms with Crippen LogP contribution >= 0.6 is 0 Å². The minimum atomic E-state index is 0.244. The summed E-state index contributed by atoms with van der Waals surface area (Å²) in [5.74, 6) is 0. The molecule has 2 heteroatoms. The van der Waals surface area contributed by atoms with Crippen LogP contribution in [0.2, 0.25) is 0 Å². The monoisotopic (exact) mass is 224 g/mol. The molecule has 1 aliphatic heterocycles. The average Bonchev–Trinajstić information content (AvgIpc) is 3.07. The SMILES string of the molecule is CCC1CCCCN1C(C)(CN)C1(C)CC1. The molecule has 1 heterocycles. The lowest BCUT2D eigenvalue weighted by molar-refractivity contribution is -0.0120. The lowest BCUT2D eigenvalue weighted by Crippen LogP contribution is -2.61. The number of nitrogens with two attached hydrogens (primary N) is 1. The molecule has 0 aromatic carbocycles. The number of piperidine rings is 1. The maximum absolute atomic E-state index is 6.14. The Bertz CT molecular complexity index is 247. The summed E-state index contributed by atoms with van der Waals surface area (Å²) in [6.45, 7) is 9.26. The molecule has 0 aromatic heterocycles. The van der Waals surface area contributed by atoms with E-state index in [1.807, 2.05) is 0 Å². The fourth-order valence-electron chi connectivity index (χ4n) is 3.51. The second kappa shape index (κ2) is 4.30. The number of rotatable bonds is 4. The van der Waals surface area contributed by atoms with Gasteiger partial charge in [0.2, 0.25) is 0 Å². The Morgan fingerprint density at radius 1 is 1.38 bits per heavy atom. The molecule has 0 bridgehead atoms. The molecular weight excluding hydrogens is 196 g/mol. The largest absolute Gasteiger partial charge is 0.329 e. The van der Waals surface area contributed by atoms with Crippen LogP contribution in [-0.4, -0.2) is 29.6 Å². The molecule has 2 rings (SSSR count). The second-order valence-corrected chi connectivity index (χ2v) is 6.29. The molecule has 0 aromatic rings. The summed E-state index contributed by atoms with van der Waals surface area (Å²) in [7, 11) is 0. The summed E-state index contributed by atoms with van der Waals surface area (Å²) in [5.41, 5.74) is 6.88. The van der Waals surface area contributed by atoms with E-state index in [0.29, 0.717) is 5.41 Å². The molecule has 94 valence electrons. The second-order valence-electron chi connectivity index (χ2n) is 6.29. The van der Waals surface area contributed by atoms with E-state index < -0.39 is 0 Å². The smallest absolute Gasteiger partial charge is 0.0359 e. The zero-order valence-electron chi connectivity index (χ0n) is 11.3. The summed E-state index contributed by atoms with van der Waals surface area (Å²) in [5, 5.41) is 0. The van der Waals surface area contributed by atoms with Crippen molar-refractivity contribution in [3.63, 3.8) is 0 Å². The van der Waals surface area contributed by atoms with Crippen molar-refractivity contribution in [1.82, 2.24) is 4.90 Å². The summed E-state index contributed by atoms with van der Waals surface area (Å²) in [4.78, 5) is 2.75. The molecule has 0 spiro atoms. The van der Waals surface area contributed by atoms with Crippen molar-refractivity contribution >= 4 is 0 Å². The van der Waals surface area contributed by atoms with Crippen LogP contribution < -0.4 is 5.73 Å². The van der Waals surface area contributed by atoms with Gasteiger partial charge in [0.05, 0.1) is 0 Å². The van der Waals surface area contributed by atoms with Gasteiger partial charge in [-0.15, -0.1) is 0 Å². The standard InChI is InChI=1S/C14H28N2/c1-4-12-7-5-6-10-16(12)14(3,11-15)13(2)8-9-13/h12H,4-11,15H2,1-3H3. The lowest BCUT2D eigenvalue weighted by Gasteiger charge is -2.51. The van der Waals surface area contributed by atoms with Gasteiger partial charge in [-0.3, -0.25) is 4.90 Å².